The summed E-state index contributed by atoms with van der Waals surface area (Å²) in [7, 11) is 0. The predicted octanol–water partition coefficient (Wildman–Crippen LogP) is 1.09. The second kappa shape index (κ2) is 4.82. The molecule has 0 bridgehead atoms. The lowest BCUT2D eigenvalue weighted by Crippen LogP contribution is -2.23. The van der Waals surface area contributed by atoms with E-state index in [1.165, 1.54) is 4.57 Å². The Morgan fingerprint density at radius 1 is 1.53 bits per heavy atom. The van der Waals surface area contributed by atoms with Crippen LogP contribution in [0.2, 0.25) is 0 Å². The van der Waals surface area contributed by atoms with Crippen molar-refractivity contribution >= 4 is 27.5 Å². The Balaban J connectivity index is 2.77. The van der Waals surface area contributed by atoms with Crippen LogP contribution in [0.4, 0.5) is 0 Å². The number of nitrogens with two attached hydrogens (primary N) is 1. The van der Waals surface area contributed by atoms with Crippen LogP contribution in [-0.4, -0.2) is 15.5 Å². The van der Waals surface area contributed by atoms with Crippen LogP contribution in [0.25, 0.3) is 10.2 Å². The molecular weight excluding hydrogens is 264 g/mol. The molecule has 19 heavy (non-hydrogen) atoms. The molecule has 2 heterocycles. The lowest BCUT2D eigenvalue weighted by molar-refractivity contribution is 0.100. The molecule has 0 aliphatic rings. The molecule has 0 fully saturated rings. The van der Waals surface area contributed by atoms with Crippen LogP contribution in [-0.2, 0) is 6.54 Å². The van der Waals surface area contributed by atoms with Gasteiger partial charge in [-0.3, -0.25) is 14.2 Å². The number of aryl methyl sites for hydroxylation is 2. The third kappa shape index (κ3) is 2.11. The molecule has 6 nitrogen and oxygen atoms in total. The number of hydrogen-bond acceptors (Lipinski definition) is 5. The van der Waals surface area contributed by atoms with E-state index in [1.807, 2.05) is 6.07 Å². The van der Waals surface area contributed by atoms with E-state index in [9.17, 15) is 9.59 Å². The highest BCUT2D eigenvalue weighted by atomic mass is 32.1. The Morgan fingerprint density at radius 2 is 2.21 bits per heavy atom. The van der Waals surface area contributed by atoms with E-state index in [1.54, 1.807) is 13.8 Å². The number of carbonyl (C=O) groups excluding carboxylic acids is 1. The number of primary amides is 1. The minimum Gasteiger partial charge on any atom is -0.365 e. The van der Waals surface area contributed by atoms with Gasteiger partial charge in [0.15, 0.2) is 0 Å². The summed E-state index contributed by atoms with van der Waals surface area (Å²) >= 11 is 1.13. The Morgan fingerprint density at radius 3 is 2.79 bits per heavy atom. The van der Waals surface area contributed by atoms with Crippen molar-refractivity contribution in [2.24, 2.45) is 5.73 Å². The first kappa shape index (κ1) is 13.2. The summed E-state index contributed by atoms with van der Waals surface area (Å²) in [5, 5.41) is 9.03. The van der Waals surface area contributed by atoms with Crippen LogP contribution in [0.5, 0.6) is 0 Å². The van der Waals surface area contributed by atoms with Gasteiger partial charge in [-0.2, -0.15) is 5.26 Å². The normalized spacial score (nSPS) is 10.6. The van der Waals surface area contributed by atoms with E-state index in [4.69, 9.17) is 11.0 Å². The highest BCUT2D eigenvalue weighted by Gasteiger charge is 2.18. The molecule has 0 saturated carbocycles. The third-order valence-corrected chi connectivity index (χ3v) is 4.11. The summed E-state index contributed by atoms with van der Waals surface area (Å²) in [6.07, 6.45) is 0.236. The van der Waals surface area contributed by atoms with Gasteiger partial charge >= 0.3 is 0 Å². The van der Waals surface area contributed by atoms with Crippen LogP contribution in [0, 0.1) is 25.2 Å². The number of amides is 1. The molecule has 98 valence electrons. The highest BCUT2D eigenvalue weighted by Crippen LogP contribution is 2.26. The van der Waals surface area contributed by atoms with Crippen molar-refractivity contribution in [3.63, 3.8) is 0 Å². The molecule has 2 rings (SSSR count). The van der Waals surface area contributed by atoms with E-state index in [-0.39, 0.29) is 12.0 Å². The maximum atomic E-state index is 12.4. The molecule has 0 aliphatic heterocycles. The highest BCUT2D eigenvalue weighted by molar-refractivity contribution is 7.20. The number of rotatable bonds is 3. The first-order chi connectivity index (χ1) is 8.97. The average Bonchev–Trinajstić information content (AvgIpc) is 2.66. The maximum absolute atomic E-state index is 12.4. The zero-order chi connectivity index (χ0) is 14.2. The summed E-state index contributed by atoms with van der Waals surface area (Å²) in [5.74, 6) is -0.0221. The van der Waals surface area contributed by atoms with Crippen LogP contribution < -0.4 is 11.3 Å². The summed E-state index contributed by atoms with van der Waals surface area (Å²) in [6.45, 7) is 3.69. The zero-order valence-corrected chi connectivity index (χ0v) is 11.4. The molecule has 0 saturated heterocycles. The molecule has 0 unspecified atom stereocenters. The molecule has 0 aliphatic carbocycles. The van der Waals surface area contributed by atoms with Crippen molar-refractivity contribution in [2.75, 3.05) is 0 Å². The van der Waals surface area contributed by atoms with Gasteiger partial charge in [0, 0.05) is 6.54 Å². The molecule has 2 aromatic rings. The van der Waals surface area contributed by atoms with Gasteiger partial charge in [-0.05, 0) is 19.4 Å². The van der Waals surface area contributed by atoms with Gasteiger partial charge in [0.25, 0.3) is 11.5 Å². The van der Waals surface area contributed by atoms with Crippen molar-refractivity contribution in [3.05, 3.63) is 26.6 Å². The average molecular weight is 276 g/mol. The second-order valence-electron chi connectivity index (χ2n) is 4.12. The second-order valence-corrected chi connectivity index (χ2v) is 5.12. The van der Waals surface area contributed by atoms with E-state index >= 15 is 0 Å². The van der Waals surface area contributed by atoms with E-state index < -0.39 is 5.91 Å². The number of hydrogen-bond donors (Lipinski definition) is 1. The number of nitriles is 1. The Hall–Kier alpha value is -2.20. The predicted molar refractivity (Wildman–Crippen MR) is 72.1 cm³/mol. The van der Waals surface area contributed by atoms with Crippen molar-refractivity contribution in [3.8, 4) is 6.07 Å². The van der Waals surface area contributed by atoms with Crippen LogP contribution in [0.15, 0.2) is 4.79 Å². The van der Waals surface area contributed by atoms with Gasteiger partial charge in [-0.15, -0.1) is 11.3 Å². The van der Waals surface area contributed by atoms with E-state index in [0.29, 0.717) is 33.0 Å². The summed E-state index contributed by atoms with van der Waals surface area (Å²) in [4.78, 5) is 28.9. The van der Waals surface area contributed by atoms with Crippen molar-refractivity contribution in [1.29, 1.82) is 5.26 Å². The molecule has 2 N–H and O–H groups in total. The van der Waals surface area contributed by atoms with Crippen LogP contribution >= 0.6 is 11.3 Å². The quantitative estimate of drug-likeness (QED) is 0.906. The fraction of sp³-hybridized carbons (Fsp3) is 0.333. The number of carbonyl (C=O) groups is 1. The van der Waals surface area contributed by atoms with Crippen LogP contribution in [0.3, 0.4) is 0 Å². The molecule has 0 radical (unpaired) electrons. The Labute approximate surface area is 113 Å². The molecule has 0 atom stereocenters. The lowest BCUT2D eigenvalue weighted by atomic mass is 10.2. The Bertz CT molecular complexity index is 767. The van der Waals surface area contributed by atoms with Crippen molar-refractivity contribution < 1.29 is 4.79 Å². The molecular formula is C12H12N4O2S. The van der Waals surface area contributed by atoms with Gasteiger partial charge in [0.2, 0.25) is 0 Å². The fourth-order valence-corrected chi connectivity index (χ4v) is 3.05. The van der Waals surface area contributed by atoms with E-state index in [0.717, 1.165) is 11.3 Å². The fourth-order valence-electron chi connectivity index (χ4n) is 1.98. The number of aromatic nitrogens is 2. The van der Waals surface area contributed by atoms with Crippen molar-refractivity contribution in [2.45, 2.75) is 26.8 Å². The topological polar surface area (TPSA) is 102 Å². The molecule has 7 heteroatoms. The zero-order valence-electron chi connectivity index (χ0n) is 10.6. The minimum absolute atomic E-state index is 0.223. The van der Waals surface area contributed by atoms with Gasteiger partial charge in [0.05, 0.1) is 22.8 Å². The van der Waals surface area contributed by atoms with Gasteiger partial charge in [-0.1, -0.05) is 0 Å². The first-order valence-corrected chi connectivity index (χ1v) is 6.46. The monoisotopic (exact) mass is 276 g/mol. The van der Waals surface area contributed by atoms with Gasteiger partial charge in [0.1, 0.15) is 10.7 Å². The van der Waals surface area contributed by atoms with E-state index in [2.05, 4.69) is 4.98 Å². The number of thiophene rings is 1. The summed E-state index contributed by atoms with van der Waals surface area (Å²) < 4.78 is 1.45. The SMILES string of the molecule is Cc1c(C(N)=O)sc2nc(C)n(CCC#N)c(=O)c12. The summed E-state index contributed by atoms with van der Waals surface area (Å²) in [6, 6.07) is 2.00. The summed E-state index contributed by atoms with van der Waals surface area (Å²) in [5.41, 5.74) is 5.62. The Kier molecular flexibility index (Phi) is 3.36. The van der Waals surface area contributed by atoms with Crippen LogP contribution in [0.1, 0.15) is 27.5 Å². The smallest absolute Gasteiger partial charge is 0.262 e. The molecule has 0 aromatic carbocycles. The number of fused-ring (bicyclic) bond motifs is 1. The van der Waals surface area contributed by atoms with Gasteiger partial charge in [-0.25, -0.2) is 4.98 Å². The maximum Gasteiger partial charge on any atom is 0.262 e. The largest absolute Gasteiger partial charge is 0.365 e. The minimum atomic E-state index is -0.555. The standard InChI is InChI=1S/C12H12N4O2S/c1-6-8-11(19-9(6)10(14)17)15-7(2)16(12(8)18)5-3-4-13/h3,5H2,1-2H3,(H2,14,17). The molecule has 1 amide bonds. The van der Waals surface area contributed by atoms with Gasteiger partial charge < -0.3 is 5.73 Å². The lowest BCUT2D eigenvalue weighted by Gasteiger charge is -2.06. The first-order valence-electron chi connectivity index (χ1n) is 5.64. The number of nitrogens with zero attached hydrogens (tertiary/aromatic N) is 3. The molecule has 2 aromatic heterocycles. The van der Waals surface area contributed by atoms with Crippen molar-refractivity contribution in [1.82, 2.24) is 9.55 Å². The molecule has 0 spiro atoms. The third-order valence-electron chi connectivity index (χ3n) is 2.91.